The van der Waals surface area contributed by atoms with Crippen molar-refractivity contribution in [3.05, 3.63) is 46.1 Å². The summed E-state index contributed by atoms with van der Waals surface area (Å²) in [6.07, 6.45) is 3.71. The van der Waals surface area contributed by atoms with Gasteiger partial charge >= 0.3 is 0 Å². The molecule has 0 spiro atoms. The number of hydrogen-bond donors (Lipinski definition) is 1. The zero-order chi connectivity index (χ0) is 16.7. The Balaban J connectivity index is 1.86. The maximum Gasteiger partial charge on any atom is 0.230 e. The van der Waals surface area contributed by atoms with Gasteiger partial charge in [0.15, 0.2) is 0 Å². The average Bonchev–Trinajstić information content (AvgIpc) is 3.09. The van der Waals surface area contributed by atoms with Crippen LogP contribution in [0.15, 0.2) is 24.3 Å². The number of hydrogen-bond acceptors (Lipinski definition) is 5. The number of aromatic nitrogens is 3. The van der Waals surface area contributed by atoms with Crippen LogP contribution in [0.25, 0.3) is 4.96 Å². The van der Waals surface area contributed by atoms with Gasteiger partial charge in [0.25, 0.3) is 0 Å². The Morgan fingerprint density at radius 3 is 2.58 bits per heavy atom. The van der Waals surface area contributed by atoms with Crippen LogP contribution in [0.4, 0.5) is 0 Å². The highest BCUT2D eigenvalue weighted by atomic mass is 32.1. The van der Waals surface area contributed by atoms with Crippen molar-refractivity contribution in [2.45, 2.75) is 39.2 Å². The summed E-state index contributed by atoms with van der Waals surface area (Å²) < 4.78 is 1.57. The van der Waals surface area contributed by atoms with E-state index in [1.165, 1.54) is 30.4 Å². The van der Waals surface area contributed by atoms with Crippen molar-refractivity contribution < 1.29 is 5.11 Å². The van der Waals surface area contributed by atoms with Crippen LogP contribution >= 0.6 is 11.3 Å². The molecule has 0 bridgehead atoms. The van der Waals surface area contributed by atoms with Crippen molar-refractivity contribution in [1.29, 1.82) is 0 Å². The summed E-state index contributed by atoms with van der Waals surface area (Å²) in [5, 5.41) is 15.1. The second-order valence-electron chi connectivity index (χ2n) is 6.50. The number of piperidine rings is 1. The summed E-state index contributed by atoms with van der Waals surface area (Å²) in [6, 6.07) is 8.54. The normalized spacial score (nSPS) is 17.4. The molecule has 2 aromatic heterocycles. The predicted octanol–water partition coefficient (Wildman–Crippen LogP) is 3.69. The van der Waals surface area contributed by atoms with Crippen molar-refractivity contribution in [2.75, 3.05) is 13.1 Å². The molecule has 1 saturated heterocycles. The van der Waals surface area contributed by atoms with Gasteiger partial charge < -0.3 is 5.11 Å². The van der Waals surface area contributed by atoms with Crippen LogP contribution in [0.1, 0.15) is 47.1 Å². The SMILES string of the molecule is Cc1nc2sc([C@@H](c3ccccc3C)N3CCCCC3)c(O)n2n1. The Kier molecular flexibility index (Phi) is 4.02. The molecule has 3 heterocycles. The van der Waals surface area contributed by atoms with E-state index in [9.17, 15) is 5.11 Å². The van der Waals surface area contributed by atoms with Crippen molar-refractivity contribution in [2.24, 2.45) is 0 Å². The van der Waals surface area contributed by atoms with Crippen molar-refractivity contribution in [3.63, 3.8) is 0 Å². The number of thiazole rings is 1. The molecule has 1 aliphatic rings. The highest BCUT2D eigenvalue weighted by Crippen LogP contribution is 2.41. The minimum Gasteiger partial charge on any atom is -0.492 e. The largest absolute Gasteiger partial charge is 0.492 e. The van der Waals surface area contributed by atoms with Gasteiger partial charge in [0.2, 0.25) is 10.8 Å². The third-order valence-electron chi connectivity index (χ3n) is 4.79. The first kappa shape index (κ1) is 15.6. The molecule has 24 heavy (non-hydrogen) atoms. The molecule has 0 amide bonds. The number of rotatable bonds is 3. The monoisotopic (exact) mass is 342 g/mol. The fourth-order valence-corrected chi connectivity index (χ4v) is 4.75. The molecule has 0 saturated carbocycles. The van der Waals surface area contributed by atoms with E-state index in [-0.39, 0.29) is 11.9 Å². The number of fused-ring (bicyclic) bond motifs is 1. The van der Waals surface area contributed by atoms with Gasteiger partial charge in [-0.05, 0) is 50.9 Å². The fourth-order valence-electron chi connectivity index (χ4n) is 3.60. The molecule has 5 nitrogen and oxygen atoms in total. The molecule has 1 N–H and O–H groups in total. The van der Waals surface area contributed by atoms with Crippen LogP contribution in [0.3, 0.4) is 0 Å². The first-order valence-corrected chi connectivity index (χ1v) is 9.31. The third-order valence-corrected chi connectivity index (χ3v) is 5.87. The zero-order valence-electron chi connectivity index (χ0n) is 14.1. The molecule has 3 aromatic rings. The van der Waals surface area contributed by atoms with Crippen LogP contribution < -0.4 is 0 Å². The van der Waals surface area contributed by atoms with Crippen LogP contribution in [0.5, 0.6) is 5.88 Å². The van der Waals surface area contributed by atoms with E-state index in [1.807, 2.05) is 6.92 Å². The number of aryl methyl sites for hydroxylation is 2. The van der Waals surface area contributed by atoms with Crippen molar-refractivity contribution >= 4 is 16.3 Å². The van der Waals surface area contributed by atoms with Gasteiger partial charge in [0, 0.05) is 0 Å². The Morgan fingerprint density at radius 2 is 1.88 bits per heavy atom. The van der Waals surface area contributed by atoms with Gasteiger partial charge in [0.05, 0.1) is 10.9 Å². The summed E-state index contributed by atoms with van der Waals surface area (Å²) in [7, 11) is 0. The Bertz CT molecular complexity index is 863. The summed E-state index contributed by atoms with van der Waals surface area (Å²) in [5.74, 6) is 0.919. The molecule has 1 atom stereocenters. The lowest BCUT2D eigenvalue weighted by Crippen LogP contribution is -2.34. The zero-order valence-corrected chi connectivity index (χ0v) is 14.9. The van der Waals surface area contributed by atoms with Gasteiger partial charge in [-0.25, -0.2) is 4.98 Å². The maximum absolute atomic E-state index is 10.8. The number of aromatic hydroxyl groups is 1. The van der Waals surface area contributed by atoms with Gasteiger partial charge in [-0.3, -0.25) is 4.90 Å². The fraction of sp³-hybridized carbons (Fsp3) is 0.444. The van der Waals surface area contributed by atoms with E-state index < -0.39 is 0 Å². The topological polar surface area (TPSA) is 53.7 Å². The molecule has 0 radical (unpaired) electrons. The summed E-state index contributed by atoms with van der Waals surface area (Å²) in [5.41, 5.74) is 2.51. The van der Waals surface area contributed by atoms with Gasteiger partial charge in [-0.2, -0.15) is 4.52 Å². The first-order valence-electron chi connectivity index (χ1n) is 8.50. The van der Waals surface area contributed by atoms with Gasteiger partial charge in [-0.15, -0.1) is 5.10 Å². The number of nitrogens with zero attached hydrogens (tertiary/aromatic N) is 4. The highest BCUT2D eigenvalue weighted by molar-refractivity contribution is 7.17. The minimum absolute atomic E-state index is 0.0697. The molecule has 126 valence electrons. The van der Waals surface area contributed by atoms with Crippen molar-refractivity contribution in [1.82, 2.24) is 19.5 Å². The molecule has 0 unspecified atom stereocenters. The lowest BCUT2D eigenvalue weighted by atomic mass is 9.96. The Labute approximate surface area is 145 Å². The second kappa shape index (κ2) is 6.18. The quantitative estimate of drug-likeness (QED) is 0.789. The van der Waals surface area contributed by atoms with Crippen LogP contribution in [0.2, 0.25) is 0 Å². The van der Waals surface area contributed by atoms with Crippen LogP contribution in [-0.4, -0.2) is 37.7 Å². The lowest BCUT2D eigenvalue weighted by molar-refractivity contribution is 0.186. The van der Waals surface area contributed by atoms with Crippen LogP contribution in [-0.2, 0) is 0 Å². The van der Waals surface area contributed by atoms with Gasteiger partial charge in [-0.1, -0.05) is 42.0 Å². The molecule has 1 fully saturated rings. The molecular formula is C18H22N4OS. The third kappa shape index (κ3) is 2.59. The predicted molar refractivity (Wildman–Crippen MR) is 95.7 cm³/mol. The molecule has 0 aliphatic carbocycles. The molecule has 1 aromatic carbocycles. The van der Waals surface area contributed by atoms with E-state index in [0.717, 1.165) is 22.9 Å². The standard InChI is InChI=1S/C18H22N4OS/c1-12-8-4-5-9-14(12)15(21-10-6-3-7-11-21)16-17(23)22-18(24-16)19-13(2)20-22/h4-5,8-9,15,23H,3,6-7,10-11H2,1-2H3/t15-/m1/s1. The molecule has 1 aliphatic heterocycles. The lowest BCUT2D eigenvalue weighted by Gasteiger charge is -2.35. The number of likely N-dealkylation sites (tertiary alicyclic amines) is 1. The molecular weight excluding hydrogens is 320 g/mol. The highest BCUT2D eigenvalue weighted by Gasteiger charge is 2.30. The van der Waals surface area contributed by atoms with Crippen LogP contribution in [0, 0.1) is 13.8 Å². The van der Waals surface area contributed by atoms with E-state index in [1.54, 1.807) is 15.9 Å². The van der Waals surface area contributed by atoms with E-state index >= 15 is 0 Å². The molecule has 6 heteroatoms. The number of benzene rings is 1. The first-order chi connectivity index (χ1) is 11.6. The Hall–Kier alpha value is -1.92. The maximum atomic E-state index is 10.8. The van der Waals surface area contributed by atoms with Gasteiger partial charge in [0.1, 0.15) is 5.82 Å². The summed E-state index contributed by atoms with van der Waals surface area (Å²) in [4.78, 5) is 8.63. The molecule has 4 rings (SSSR count). The summed E-state index contributed by atoms with van der Waals surface area (Å²) >= 11 is 1.55. The summed E-state index contributed by atoms with van der Waals surface area (Å²) in [6.45, 7) is 6.11. The average molecular weight is 342 g/mol. The van der Waals surface area contributed by atoms with E-state index in [0.29, 0.717) is 5.82 Å². The van der Waals surface area contributed by atoms with E-state index in [2.05, 4.69) is 46.2 Å². The second-order valence-corrected chi connectivity index (χ2v) is 7.51. The smallest absolute Gasteiger partial charge is 0.230 e. The minimum atomic E-state index is 0.0697. The van der Waals surface area contributed by atoms with Crippen molar-refractivity contribution in [3.8, 4) is 5.88 Å². The van der Waals surface area contributed by atoms with E-state index in [4.69, 9.17) is 0 Å². The Morgan fingerprint density at radius 1 is 1.12 bits per heavy atom.